The van der Waals surface area contributed by atoms with Crippen LogP contribution in [0.1, 0.15) is 25.0 Å². The first kappa shape index (κ1) is 12.1. The van der Waals surface area contributed by atoms with Gasteiger partial charge in [-0.25, -0.2) is 0 Å². The molecule has 1 aromatic heterocycles. The third-order valence-corrected chi connectivity index (χ3v) is 3.58. The fourth-order valence-electron chi connectivity index (χ4n) is 2.37. The Balaban J connectivity index is 1.75. The fraction of sp³-hybridized carbons (Fsp3) is 0.538. The Kier molecular flexibility index (Phi) is 3.15. The maximum Gasteiger partial charge on any atom is 0.245 e. The summed E-state index contributed by atoms with van der Waals surface area (Å²) in [6, 6.07) is 3.30. The Labute approximate surface area is 111 Å². The van der Waals surface area contributed by atoms with Gasteiger partial charge >= 0.3 is 0 Å². The number of carbonyl (C=O) groups is 2. The van der Waals surface area contributed by atoms with Crippen LogP contribution in [0.5, 0.6) is 0 Å². The van der Waals surface area contributed by atoms with Gasteiger partial charge in [-0.05, 0) is 30.9 Å². The van der Waals surface area contributed by atoms with Gasteiger partial charge in [-0.1, -0.05) is 0 Å². The van der Waals surface area contributed by atoms with E-state index in [1.165, 1.54) is 0 Å². The van der Waals surface area contributed by atoms with Gasteiger partial charge in [0, 0.05) is 19.2 Å². The van der Waals surface area contributed by atoms with Crippen molar-refractivity contribution in [1.82, 2.24) is 20.4 Å². The van der Waals surface area contributed by atoms with Crippen LogP contribution in [-0.2, 0) is 16.1 Å². The largest absolute Gasteiger partial charge is 0.344 e. The average Bonchev–Trinajstić information content (AvgIpc) is 3.25. The minimum atomic E-state index is -0.341. The summed E-state index contributed by atoms with van der Waals surface area (Å²) in [5.74, 6) is 0.296. The van der Waals surface area contributed by atoms with Crippen LogP contribution < -0.4 is 5.32 Å². The summed E-state index contributed by atoms with van der Waals surface area (Å²) in [7, 11) is 0. The van der Waals surface area contributed by atoms with Crippen molar-refractivity contribution in [1.29, 1.82) is 0 Å². The van der Waals surface area contributed by atoms with Crippen LogP contribution in [0.15, 0.2) is 18.3 Å². The predicted molar refractivity (Wildman–Crippen MR) is 66.7 cm³/mol. The minimum absolute atomic E-state index is 0.0130. The Morgan fingerprint density at radius 2 is 2.21 bits per heavy atom. The maximum absolute atomic E-state index is 12.4. The van der Waals surface area contributed by atoms with Crippen LogP contribution in [0.4, 0.5) is 0 Å². The Morgan fingerprint density at radius 1 is 1.37 bits per heavy atom. The molecule has 1 aliphatic carbocycles. The molecular formula is C13H16N4O2. The van der Waals surface area contributed by atoms with Crippen molar-refractivity contribution in [3.63, 3.8) is 0 Å². The van der Waals surface area contributed by atoms with Gasteiger partial charge in [-0.3, -0.25) is 9.59 Å². The molecule has 1 unspecified atom stereocenters. The van der Waals surface area contributed by atoms with Gasteiger partial charge in [-0.15, -0.1) is 0 Å². The average molecular weight is 260 g/mol. The highest BCUT2D eigenvalue weighted by molar-refractivity contribution is 5.90. The molecule has 6 nitrogen and oxygen atoms in total. The van der Waals surface area contributed by atoms with E-state index < -0.39 is 0 Å². The van der Waals surface area contributed by atoms with Crippen molar-refractivity contribution in [2.75, 3.05) is 6.54 Å². The first-order valence-corrected chi connectivity index (χ1v) is 6.59. The number of hydrogen-bond acceptors (Lipinski definition) is 4. The van der Waals surface area contributed by atoms with E-state index in [0.717, 1.165) is 18.5 Å². The second-order valence-corrected chi connectivity index (χ2v) is 5.11. The number of aromatic nitrogens is 2. The molecule has 2 aliphatic rings. The van der Waals surface area contributed by atoms with Crippen molar-refractivity contribution < 1.29 is 9.59 Å². The lowest BCUT2D eigenvalue weighted by molar-refractivity contribution is -0.134. The van der Waals surface area contributed by atoms with E-state index in [-0.39, 0.29) is 17.9 Å². The molecule has 1 N–H and O–H groups in total. The molecule has 6 heteroatoms. The highest BCUT2D eigenvalue weighted by Crippen LogP contribution is 2.34. The highest BCUT2D eigenvalue weighted by Gasteiger charge is 2.40. The fourth-order valence-corrected chi connectivity index (χ4v) is 2.37. The zero-order valence-corrected chi connectivity index (χ0v) is 10.6. The molecule has 1 saturated carbocycles. The summed E-state index contributed by atoms with van der Waals surface area (Å²) in [5.41, 5.74) is 0.750. The van der Waals surface area contributed by atoms with Crippen molar-refractivity contribution >= 4 is 11.8 Å². The molecule has 100 valence electrons. The molecule has 1 aliphatic heterocycles. The monoisotopic (exact) mass is 260 g/mol. The normalized spacial score (nSPS) is 24.0. The van der Waals surface area contributed by atoms with E-state index in [2.05, 4.69) is 15.5 Å². The molecule has 1 aromatic rings. The van der Waals surface area contributed by atoms with E-state index in [9.17, 15) is 9.59 Å². The van der Waals surface area contributed by atoms with E-state index in [1.54, 1.807) is 17.2 Å². The summed E-state index contributed by atoms with van der Waals surface area (Å²) in [4.78, 5) is 25.8. The minimum Gasteiger partial charge on any atom is -0.344 e. The summed E-state index contributed by atoms with van der Waals surface area (Å²) in [5, 5.41) is 10.6. The van der Waals surface area contributed by atoms with Gasteiger partial charge < -0.3 is 10.2 Å². The van der Waals surface area contributed by atoms with Gasteiger partial charge in [0.1, 0.15) is 6.04 Å². The van der Waals surface area contributed by atoms with Crippen LogP contribution in [0.3, 0.4) is 0 Å². The standard InChI is InChI=1S/C13H16N4O2/c18-11-5-7-17(8-10-2-1-6-14-16-10)13(19)12(15-11)9-3-4-9/h1-2,6,9,12H,3-5,7-8H2,(H,15,18). The SMILES string of the molecule is O=C1CCN(Cc2cccnn2)C(=O)C(C2CC2)N1. The van der Waals surface area contributed by atoms with E-state index in [1.807, 2.05) is 6.07 Å². The first-order valence-electron chi connectivity index (χ1n) is 6.59. The second kappa shape index (κ2) is 4.95. The molecular weight excluding hydrogens is 244 g/mol. The van der Waals surface area contributed by atoms with Gasteiger partial charge in [-0.2, -0.15) is 10.2 Å². The number of hydrogen-bond donors (Lipinski definition) is 1. The lowest BCUT2D eigenvalue weighted by Crippen LogP contribution is -2.45. The second-order valence-electron chi connectivity index (χ2n) is 5.11. The summed E-state index contributed by atoms with van der Waals surface area (Å²) >= 11 is 0. The molecule has 0 bridgehead atoms. The Morgan fingerprint density at radius 3 is 2.89 bits per heavy atom. The predicted octanol–water partition coefficient (Wildman–Crippen LogP) is 0.104. The first-order chi connectivity index (χ1) is 9.24. The van der Waals surface area contributed by atoms with Crippen molar-refractivity contribution in [2.45, 2.75) is 31.8 Å². The number of rotatable bonds is 3. The van der Waals surface area contributed by atoms with Crippen LogP contribution in [0.2, 0.25) is 0 Å². The molecule has 0 radical (unpaired) electrons. The van der Waals surface area contributed by atoms with Crippen LogP contribution >= 0.6 is 0 Å². The highest BCUT2D eigenvalue weighted by atomic mass is 16.2. The molecule has 2 heterocycles. The van der Waals surface area contributed by atoms with Crippen LogP contribution in [-0.4, -0.2) is 39.5 Å². The molecule has 2 amide bonds. The maximum atomic E-state index is 12.4. The lowest BCUT2D eigenvalue weighted by atomic mass is 10.1. The molecule has 0 aromatic carbocycles. The summed E-state index contributed by atoms with van der Waals surface area (Å²) in [6.07, 6.45) is 4.01. The number of carbonyl (C=O) groups excluding carboxylic acids is 2. The zero-order valence-electron chi connectivity index (χ0n) is 10.6. The van der Waals surface area contributed by atoms with Crippen LogP contribution in [0, 0.1) is 5.92 Å². The topological polar surface area (TPSA) is 75.2 Å². The van der Waals surface area contributed by atoms with Gasteiger partial charge in [0.15, 0.2) is 0 Å². The zero-order chi connectivity index (χ0) is 13.2. The number of nitrogens with one attached hydrogen (secondary N) is 1. The molecule has 2 fully saturated rings. The van der Waals surface area contributed by atoms with E-state index >= 15 is 0 Å². The van der Waals surface area contributed by atoms with Gasteiger partial charge in [0.2, 0.25) is 11.8 Å². The molecule has 1 saturated heterocycles. The number of amides is 2. The van der Waals surface area contributed by atoms with Gasteiger partial charge in [0.05, 0.1) is 12.2 Å². The lowest BCUT2D eigenvalue weighted by Gasteiger charge is -2.23. The molecule has 1 atom stereocenters. The molecule has 0 spiro atoms. The Bertz CT molecular complexity index is 487. The van der Waals surface area contributed by atoms with Gasteiger partial charge in [0.25, 0.3) is 0 Å². The molecule has 19 heavy (non-hydrogen) atoms. The van der Waals surface area contributed by atoms with Crippen LogP contribution in [0.25, 0.3) is 0 Å². The quantitative estimate of drug-likeness (QED) is 0.836. The third-order valence-electron chi connectivity index (χ3n) is 3.58. The van der Waals surface area contributed by atoms with Crippen molar-refractivity contribution in [2.24, 2.45) is 5.92 Å². The third kappa shape index (κ3) is 2.72. The van der Waals surface area contributed by atoms with Crippen molar-refractivity contribution in [3.8, 4) is 0 Å². The number of nitrogens with zero attached hydrogens (tertiary/aromatic N) is 3. The summed E-state index contributed by atoms with van der Waals surface area (Å²) < 4.78 is 0. The smallest absolute Gasteiger partial charge is 0.245 e. The van der Waals surface area contributed by atoms with Crippen molar-refractivity contribution in [3.05, 3.63) is 24.0 Å². The Hall–Kier alpha value is -1.98. The van der Waals surface area contributed by atoms with E-state index in [0.29, 0.717) is 25.4 Å². The van der Waals surface area contributed by atoms with E-state index in [4.69, 9.17) is 0 Å². The summed E-state index contributed by atoms with van der Waals surface area (Å²) in [6.45, 7) is 0.870. The molecule has 3 rings (SSSR count).